The molecular weight excluding hydrogens is 130 g/mol. The zero-order chi connectivity index (χ0) is 7.98. The van der Waals surface area contributed by atoms with Gasteiger partial charge in [-0.05, 0) is 5.92 Å². The number of rotatable bonds is 2. The SMILES string of the molecule is C#CNC(=O)OCC(C)C. The van der Waals surface area contributed by atoms with E-state index >= 15 is 0 Å². The smallest absolute Gasteiger partial charge is 0.418 e. The molecule has 0 aromatic heterocycles. The molecule has 0 spiro atoms. The summed E-state index contributed by atoms with van der Waals surface area (Å²) in [6.45, 7) is 4.29. The Bertz CT molecular complexity index is 146. The quantitative estimate of drug-likeness (QED) is 0.459. The van der Waals surface area contributed by atoms with Gasteiger partial charge in [-0.25, -0.2) is 10.1 Å². The zero-order valence-electron chi connectivity index (χ0n) is 6.18. The zero-order valence-corrected chi connectivity index (χ0v) is 6.18. The first-order valence-electron chi connectivity index (χ1n) is 3.05. The van der Waals surface area contributed by atoms with Gasteiger partial charge < -0.3 is 4.74 Å². The van der Waals surface area contributed by atoms with E-state index in [-0.39, 0.29) is 0 Å². The van der Waals surface area contributed by atoms with Crippen LogP contribution >= 0.6 is 0 Å². The van der Waals surface area contributed by atoms with Crippen molar-refractivity contribution in [2.75, 3.05) is 6.61 Å². The van der Waals surface area contributed by atoms with Crippen LogP contribution in [-0.2, 0) is 4.74 Å². The Morgan fingerprint density at radius 3 is 2.80 bits per heavy atom. The molecule has 0 rings (SSSR count). The number of carbonyl (C=O) groups is 1. The van der Waals surface area contributed by atoms with E-state index in [0.29, 0.717) is 12.5 Å². The maximum atomic E-state index is 10.5. The minimum Gasteiger partial charge on any atom is -0.449 e. The predicted molar refractivity (Wildman–Crippen MR) is 38.2 cm³/mol. The Kier molecular flexibility index (Phi) is 4.14. The highest BCUT2D eigenvalue weighted by Crippen LogP contribution is 1.91. The molecule has 0 aliphatic carbocycles. The van der Waals surface area contributed by atoms with E-state index in [0.717, 1.165) is 0 Å². The van der Waals surface area contributed by atoms with Crippen molar-refractivity contribution in [2.45, 2.75) is 13.8 Å². The number of terminal acetylenes is 1. The molecule has 0 fully saturated rings. The van der Waals surface area contributed by atoms with Crippen molar-refractivity contribution in [3.63, 3.8) is 0 Å². The highest BCUT2D eigenvalue weighted by Gasteiger charge is 1.99. The van der Waals surface area contributed by atoms with Crippen LogP contribution in [0.5, 0.6) is 0 Å². The number of alkyl carbamates (subject to hydrolysis) is 1. The van der Waals surface area contributed by atoms with Gasteiger partial charge in [-0.1, -0.05) is 20.3 Å². The third kappa shape index (κ3) is 4.98. The number of hydrogen-bond donors (Lipinski definition) is 1. The van der Waals surface area contributed by atoms with Crippen LogP contribution in [0.2, 0.25) is 0 Å². The fourth-order valence-corrected chi connectivity index (χ4v) is 0.337. The molecule has 1 N–H and O–H groups in total. The third-order valence-electron chi connectivity index (χ3n) is 0.722. The summed E-state index contributed by atoms with van der Waals surface area (Å²) in [6.07, 6.45) is 4.21. The van der Waals surface area contributed by atoms with Gasteiger partial charge in [0.05, 0.1) is 6.61 Å². The molecule has 0 bridgehead atoms. The Labute approximate surface area is 60.8 Å². The summed E-state index contributed by atoms with van der Waals surface area (Å²) in [7, 11) is 0. The highest BCUT2D eigenvalue weighted by atomic mass is 16.5. The number of nitrogens with one attached hydrogen (secondary N) is 1. The van der Waals surface area contributed by atoms with Gasteiger partial charge in [-0.2, -0.15) is 0 Å². The summed E-state index contributed by atoms with van der Waals surface area (Å²) in [5, 5.41) is 2.07. The first kappa shape index (κ1) is 8.83. The molecule has 3 nitrogen and oxygen atoms in total. The summed E-state index contributed by atoms with van der Waals surface area (Å²) in [6, 6.07) is 1.97. The van der Waals surface area contributed by atoms with Crippen LogP contribution in [0.4, 0.5) is 4.79 Å². The van der Waals surface area contributed by atoms with Gasteiger partial charge >= 0.3 is 6.09 Å². The summed E-state index contributed by atoms with van der Waals surface area (Å²) < 4.78 is 4.65. The molecule has 0 saturated carbocycles. The number of amides is 1. The molecule has 0 radical (unpaired) electrons. The Morgan fingerprint density at radius 1 is 1.80 bits per heavy atom. The molecule has 0 aromatic rings. The lowest BCUT2D eigenvalue weighted by Gasteiger charge is -2.04. The Morgan fingerprint density at radius 2 is 2.40 bits per heavy atom. The minimum atomic E-state index is -0.559. The Balaban J connectivity index is 3.33. The second kappa shape index (κ2) is 4.68. The molecule has 3 heteroatoms. The Hall–Kier alpha value is -1.17. The fraction of sp³-hybridized carbons (Fsp3) is 0.571. The maximum absolute atomic E-state index is 10.5. The molecule has 0 aliphatic rings. The van der Waals surface area contributed by atoms with Crippen molar-refractivity contribution >= 4 is 6.09 Å². The van der Waals surface area contributed by atoms with Crippen molar-refractivity contribution in [3.8, 4) is 12.5 Å². The summed E-state index contributed by atoms with van der Waals surface area (Å²) in [5.74, 6) is 0.337. The van der Waals surface area contributed by atoms with E-state index in [9.17, 15) is 4.79 Å². The third-order valence-corrected chi connectivity index (χ3v) is 0.722. The molecule has 0 unspecified atom stereocenters. The first-order valence-corrected chi connectivity index (χ1v) is 3.05. The summed E-state index contributed by atoms with van der Waals surface area (Å²) >= 11 is 0. The average Bonchev–Trinajstić information content (AvgIpc) is 1.85. The second-order valence-electron chi connectivity index (χ2n) is 2.26. The summed E-state index contributed by atoms with van der Waals surface area (Å²) in [4.78, 5) is 10.5. The van der Waals surface area contributed by atoms with Gasteiger partial charge in [0, 0.05) is 6.04 Å². The fourth-order valence-electron chi connectivity index (χ4n) is 0.337. The van der Waals surface area contributed by atoms with E-state index in [1.165, 1.54) is 0 Å². The number of hydrogen-bond acceptors (Lipinski definition) is 2. The first-order chi connectivity index (χ1) is 4.66. The predicted octanol–water partition coefficient (Wildman–Crippen LogP) is 0.959. The van der Waals surface area contributed by atoms with E-state index in [1.54, 1.807) is 0 Å². The van der Waals surface area contributed by atoms with E-state index < -0.39 is 6.09 Å². The normalized spacial score (nSPS) is 8.60. The minimum absolute atomic E-state index is 0.337. The average molecular weight is 141 g/mol. The lowest BCUT2D eigenvalue weighted by molar-refractivity contribution is 0.137. The lowest BCUT2D eigenvalue weighted by atomic mass is 10.2. The van der Waals surface area contributed by atoms with Crippen molar-refractivity contribution in [3.05, 3.63) is 0 Å². The van der Waals surface area contributed by atoms with Gasteiger partial charge in [0.15, 0.2) is 0 Å². The molecule has 0 aliphatic heterocycles. The molecule has 1 amide bonds. The maximum Gasteiger partial charge on any atom is 0.418 e. The van der Waals surface area contributed by atoms with Crippen molar-refractivity contribution < 1.29 is 9.53 Å². The monoisotopic (exact) mass is 141 g/mol. The number of ether oxygens (including phenoxy) is 1. The standard InChI is InChI=1S/C7H11NO2/c1-4-8-7(9)10-5-6(2)3/h1,6H,5H2,2-3H3,(H,8,9). The van der Waals surface area contributed by atoms with Gasteiger partial charge in [0.1, 0.15) is 0 Å². The van der Waals surface area contributed by atoms with Gasteiger partial charge in [-0.15, -0.1) is 0 Å². The van der Waals surface area contributed by atoms with Crippen molar-refractivity contribution in [1.29, 1.82) is 0 Å². The molecule has 0 atom stereocenters. The topological polar surface area (TPSA) is 38.3 Å². The van der Waals surface area contributed by atoms with Crippen LogP contribution in [0.25, 0.3) is 0 Å². The van der Waals surface area contributed by atoms with Crippen molar-refractivity contribution in [1.82, 2.24) is 5.32 Å². The second-order valence-corrected chi connectivity index (χ2v) is 2.26. The largest absolute Gasteiger partial charge is 0.449 e. The molecule has 10 heavy (non-hydrogen) atoms. The van der Waals surface area contributed by atoms with Crippen LogP contribution < -0.4 is 5.32 Å². The van der Waals surface area contributed by atoms with Crippen LogP contribution in [0.1, 0.15) is 13.8 Å². The highest BCUT2D eigenvalue weighted by molar-refractivity contribution is 5.69. The molecule has 0 heterocycles. The van der Waals surface area contributed by atoms with E-state index in [1.807, 2.05) is 19.9 Å². The van der Waals surface area contributed by atoms with E-state index in [4.69, 9.17) is 6.42 Å². The molecular formula is C7H11NO2. The van der Waals surface area contributed by atoms with Crippen LogP contribution in [0.15, 0.2) is 0 Å². The van der Waals surface area contributed by atoms with Crippen LogP contribution in [0.3, 0.4) is 0 Å². The molecule has 0 aromatic carbocycles. The van der Waals surface area contributed by atoms with E-state index in [2.05, 4.69) is 10.1 Å². The van der Waals surface area contributed by atoms with Gasteiger partial charge in [0.25, 0.3) is 0 Å². The molecule has 56 valence electrons. The van der Waals surface area contributed by atoms with Gasteiger partial charge in [0.2, 0.25) is 0 Å². The van der Waals surface area contributed by atoms with Crippen molar-refractivity contribution in [2.24, 2.45) is 5.92 Å². The van der Waals surface area contributed by atoms with Gasteiger partial charge in [-0.3, -0.25) is 0 Å². The molecule has 0 saturated heterocycles. The summed E-state index contributed by atoms with van der Waals surface area (Å²) in [5.41, 5.74) is 0. The van der Waals surface area contributed by atoms with Crippen LogP contribution in [0, 0.1) is 18.4 Å². The number of carbonyl (C=O) groups excluding carboxylic acids is 1. The lowest BCUT2D eigenvalue weighted by Crippen LogP contribution is -2.20. The van der Waals surface area contributed by atoms with Crippen LogP contribution in [-0.4, -0.2) is 12.7 Å².